The summed E-state index contributed by atoms with van der Waals surface area (Å²) in [6, 6.07) is 0. The average molecular weight is 184 g/mol. The van der Waals surface area contributed by atoms with Crippen molar-refractivity contribution in [3.63, 3.8) is 0 Å². The number of hydrogen-bond donors (Lipinski definition) is 0. The molecule has 3 heteroatoms. The lowest BCUT2D eigenvalue weighted by Gasteiger charge is -2.06. The number of hydrogen-bond acceptors (Lipinski definition) is 2. The van der Waals surface area contributed by atoms with E-state index in [0.29, 0.717) is 5.70 Å². The highest BCUT2D eigenvalue weighted by Crippen LogP contribution is 2.06. The van der Waals surface area contributed by atoms with Gasteiger partial charge in [-0.2, -0.15) is 0 Å². The third-order valence-corrected chi connectivity index (χ3v) is 1.47. The molecule has 0 spiro atoms. The van der Waals surface area contributed by atoms with Crippen LogP contribution in [0.3, 0.4) is 0 Å². The molecule has 64 valence electrons. The second-order valence-corrected chi connectivity index (χ2v) is 2.75. The minimum absolute atomic E-state index is 0.0585. The zero-order chi connectivity index (χ0) is 8.97. The van der Waals surface area contributed by atoms with Crippen molar-refractivity contribution in [3.8, 4) is 0 Å². The van der Waals surface area contributed by atoms with E-state index < -0.39 is 0 Å². The number of rotatable bonds is 0. The molecule has 0 aromatic carbocycles. The van der Waals surface area contributed by atoms with E-state index in [-0.39, 0.29) is 11.5 Å². The summed E-state index contributed by atoms with van der Waals surface area (Å²) < 4.78 is 5.17. The van der Waals surface area contributed by atoms with Crippen LogP contribution < -0.4 is 0 Å². The number of aliphatic imine (C=N–C) groups is 1. The Morgan fingerprint density at radius 2 is 2.33 bits per heavy atom. The van der Waals surface area contributed by atoms with Gasteiger partial charge in [0.2, 0.25) is 0 Å². The molecule has 2 nitrogen and oxygen atoms in total. The number of ether oxygens (including phenoxy) is 1. The number of halogens is 1. The summed E-state index contributed by atoms with van der Waals surface area (Å²) in [5, 5.41) is 0.128. The predicted octanol–water partition coefficient (Wildman–Crippen LogP) is 2.63. The second kappa shape index (κ2) is 4.12. The molecule has 0 aliphatic carbocycles. The molecule has 0 aromatic rings. The monoisotopic (exact) mass is 183 g/mol. The number of nitrogens with zero attached hydrogens (tertiary/aromatic N) is 1. The van der Waals surface area contributed by atoms with Crippen molar-refractivity contribution in [1.29, 1.82) is 0 Å². The second-order valence-electron chi connectivity index (χ2n) is 2.42. The molecular weight excluding hydrogens is 174 g/mol. The van der Waals surface area contributed by atoms with Crippen LogP contribution >= 0.6 is 11.6 Å². The van der Waals surface area contributed by atoms with Crippen LogP contribution in [0.2, 0.25) is 0 Å². The molecule has 1 aliphatic heterocycles. The zero-order valence-corrected chi connectivity index (χ0v) is 7.58. The first kappa shape index (κ1) is 9.07. The quantitative estimate of drug-likeness (QED) is 0.566. The highest BCUT2D eigenvalue weighted by Gasteiger charge is 2.02. The van der Waals surface area contributed by atoms with Crippen molar-refractivity contribution in [1.82, 2.24) is 0 Å². The van der Waals surface area contributed by atoms with Gasteiger partial charge in [-0.25, -0.2) is 4.99 Å². The number of allylic oxidation sites excluding steroid dienone is 3. The van der Waals surface area contributed by atoms with Crippen molar-refractivity contribution in [2.45, 2.75) is 13.0 Å². The molecule has 0 saturated heterocycles. The van der Waals surface area contributed by atoms with Crippen molar-refractivity contribution in [2.75, 3.05) is 0 Å². The summed E-state index contributed by atoms with van der Waals surface area (Å²) in [5.74, 6) is 0. The molecule has 0 radical (unpaired) electrons. The molecule has 0 saturated carbocycles. The fraction of sp³-hybridized carbons (Fsp3) is 0.222. The summed E-state index contributed by atoms with van der Waals surface area (Å²) >= 11 is 5.66. The molecule has 0 fully saturated rings. The smallest absolute Gasteiger partial charge is 0.288 e. The predicted molar refractivity (Wildman–Crippen MR) is 51.3 cm³/mol. The van der Waals surface area contributed by atoms with Gasteiger partial charge in [-0.05, 0) is 30.7 Å². The lowest BCUT2D eigenvalue weighted by atomic mass is 10.3. The average Bonchev–Trinajstić information content (AvgIpc) is 2.01. The van der Waals surface area contributed by atoms with Crippen LogP contribution in [0.4, 0.5) is 0 Å². The van der Waals surface area contributed by atoms with Gasteiger partial charge in [0.05, 0.1) is 5.70 Å². The molecule has 0 bridgehead atoms. The van der Waals surface area contributed by atoms with E-state index in [1.807, 2.05) is 25.2 Å². The van der Waals surface area contributed by atoms with Crippen molar-refractivity contribution >= 4 is 17.0 Å². The van der Waals surface area contributed by atoms with Crippen LogP contribution in [0.15, 0.2) is 41.6 Å². The van der Waals surface area contributed by atoms with E-state index in [1.54, 1.807) is 6.08 Å². The van der Waals surface area contributed by atoms with Gasteiger partial charge in [-0.1, -0.05) is 18.7 Å². The van der Waals surface area contributed by atoms with Gasteiger partial charge in [0.15, 0.2) is 0 Å². The van der Waals surface area contributed by atoms with Crippen LogP contribution in [-0.4, -0.2) is 11.5 Å². The molecule has 1 heterocycles. The normalized spacial score (nSPS) is 29.0. The highest BCUT2D eigenvalue weighted by molar-refractivity contribution is 6.63. The van der Waals surface area contributed by atoms with Gasteiger partial charge in [0.25, 0.3) is 5.36 Å². The Balaban J connectivity index is 2.83. The minimum Gasteiger partial charge on any atom is -0.462 e. The Morgan fingerprint density at radius 3 is 3.08 bits per heavy atom. The van der Waals surface area contributed by atoms with Crippen molar-refractivity contribution in [2.24, 2.45) is 4.99 Å². The first-order valence-electron chi connectivity index (χ1n) is 3.63. The van der Waals surface area contributed by atoms with E-state index in [1.165, 1.54) is 0 Å². The Hall–Kier alpha value is -1.02. The largest absolute Gasteiger partial charge is 0.462 e. The van der Waals surface area contributed by atoms with E-state index in [2.05, 4.69) is 11.6 Å². The summed E-state index contributed by atoms with van der Waals surface area (Å²) in [5.41, 5.74) is 0.582. The minimum atomic E-state index is -0.0585. The zero-order valence-electron chi connectivity index (χ0n) is 6.83. The van der Waals surface area contributed by atoms with Crippen LogP contribution in [0.5, 0.6) is 0 Å². The fourth-order valence-corrected chi connectivity index (χ4v) is 1.01. The highest BCUT2D eigenvalue weighted by atomic mass is 35.5. The van der Waals surface area contributed by atoms with E-state index in [9.17, 15) is 0 Å². The summed E-state index contributed by atoms with van der Waals surface area (Å²) in [7, 11) is 0. The van der Waals surface area contributed by atoms with Gasteiger partial charge < -0.3 is 4.74 Å². The molecule has 1 unspecified atom stereocenters. The van der Waals surface area contributed by atoms with Crippen LogP contribution in [0.1, 0.15) is 6.92 Å². The van der Waals surface area contributed by atoms with E-state index in [0.717, 1.165) is 0 Å². The SMILES string of the molecule is C=C1/C=C\C=C/C(C)OC(Cl)=N1. The maximum Gasteiger partial charge on any atom is 0.288 e. The maximum absolute atomic E-state index is 5.66. The van der Waals surface area contributed by atoms with E-state index in [4.69, 9.17) is 16.3 Å². The summed E-state index contributed by atoms with van der Waals surface area (Å²) in [6.07, 6.45) is 7.31. The Bertz CT molecular complexity index is 266. The Morgan fingerprint density at radius 1 is 1.58 bits per heavy atom. The molecule has 0 aromatic heterocycles. The molecule has 0 amide bonds. The molecule has 12 heavy (non-hydrogen) atoms. The maximum atomic E-state index is 5.66. The summed E-state index contributed by atoms with van der Waals surface area (Å²) in [4.78, 5) is 3.89. The van der Waals surface area contributed by atoms with Crippen LogP contribution in [0.25, 0.3) is 0 Å². The summed E-state index contributed by atoms with van der Waals surface area (Å²) in [6.45, 7) is 5.55. The molecule has 0 N–H and O–H groups in total. The van der Waals surface area contributed by atoms with Crippen LogP contribution in [0, 0.1) is 0 Å². The van der Waals surface area contributed by atoms with Crippen molar-refractivity contribution in [3.05, 3.63) is 36.6 Å². The van der Waals surface area contributed by atoms with E-state index >= 15 is 0 Å². The van der Waals surface area contributed by atoms with Crippen molar-refractivity contribution < 1.29 is 4.74 Å². The third-order valence-electron chi connectivity index (χ3n) is 1.30. The molecule has 1 aliphatic rings. The van der Waals surface area contributed by atoms with Gasteiger partial charge in [0.1, 0.15) is 6.10 Å². The first-order chi connectivity index (χ1) is 5.68. The first-order valence-corrected chi connectivity index (χ1v) is 4.01. The van der Waals surface area contributed by atoms with Gasteiger partial charge in [-0.3, -0.25) is 0 Å². The van der Waals surface area contributed by atoms with Gasteiger partial charge in [0, 0.05) is 0 Å². The van der Waals surface area contributed by atoms with Crippen LogP contribution in [-0.2, 0) is 4.74 Å². The topological polar surface area (TPSA) is 21.6 Å². The Labute approximate surface area is 76.9 Å². The molecule has 1 atom stereocenters. The standard InChI is InChI=1S/C9H10ClNO/c1-7-5-3-4-6-8(2)12-9(10)11-7/h3-6,8H,1H2,2H3/b5-3-,6-4-,11-9?. The Kier molecular flexibility index (Phi) is 3.11. The third kappa shape index (κ3) is 2.93. The fourth-order valence-electron chi connectivity index (χ4n) is 0.756. The lowest BCUT2D eigenvalue weighted by molar-refractivity contribution is 0.264. The molecular formula is C9H10ClNO. The molecule has 1 rings (SSSR count). The lowest BCUT2D eigenvalue weighted by Crippen LogP contribution is -2.07. The van der Waals surface area contributed by atoms with Gasteiger partial charge >= 0.3 is 0 Å². The van der Waals surface area contributed by atoms with Gasteiger partial charge in [-0.15, -0.1) is 0 Å².